The Hall–Kier alpha value is -5.02. The highest BCUT2D eigenvalue weighted by Crippen LogP contribution is 2.26. The lowest BCUT2D eigenvalue weighted by Crippen LogP contribution is -2.49. The van der Waals surface area contributed by atoms with Crippen LogP contribution in [-0.2, 0) is 19.1 Å². The number of esters is 1. The van der Waals surface area contributed by atoms with E-state index in [1.807, 2.05) is 0 Å². The number of hydrogen-bond donors (Lipinski definition) is 4. The van der Waals surface area contributed by atoms with E-state index in [2.05, 4.69) is 25.7 Å². The van der Waals surface area contributed by atoms with Gasteiger partial charge in [-0.15, -0.1) is 0 Å². The smallest absolute Gasteiger partial charge is 0.344 e. The second-order valence-electron chi connectivity index (χ2n) is 9.76. The van der Waals surface area contributed by atoms with Crippen molar-refractivity contribution in [2.24, 2.45) is 5.92 Å². The number of hydrogen-bond acceptors (Lipinski definition) is 7. The first-order valence-electron chi connectivity index (χ1n) is 13.1. The summed E-state index contributed by atoms with van der Waals surface area (Å²) in [6, 6.07) is 5.12. The van der Waals surface area contributed by atoms with Gasteiger partial charge in [0.05, 0.1) is 19.7 Å². The van der Waals surface area contributed by atoms with Gasteiger partial charge in [-0.05, 0) is 37.5 Å². The van der Waals surface area contributed by atoms with Gasteiger partial charge in [0, 0.05) is 23.4 Å². The lowest BCUT2D eigenvalue weighted by molar-refractivity contribution is -0.132. The first kappa shape index (κ1) is 31.9. The number of ketones is 1. The molecule has 44 heavy (non-hydrogen) atoms. The molecule has 234 valence electrons. The maximum Gasteiger partial charge on any atom is 0.344 e. The lowest BCUT2D eigenvalue weighted by Gasteiger charge is -2.26. The molecule has 1 fully saturated rings. The number of carbonyl (C=O) groups excluding carboxylic acids is 5. The maximum absolute atomic E-state index is 14.0. The van der Waals surface area contributed by atoms with Crippen LogP contribution in [0.2, 0.25) is 0 Å². The van der Waals surface area contributed by atoms with Crippen LogP contribution in [0.1, 0.15) is 40.1 Å². The summed E-state index contributed by atoms with van der Waals surface area (Å²) < 4.78 is 78.0. The molecule has 2 heterocycles. The van der Waals surface area contributed by atoms with Gasteiger partial charge in [0.25, 0.3) is 5.91 Å². The number of nitrogens with one attached hydrogen (secondary N) is 4. The number of carbonyl (C=O) groups is 5. The molecule has 2 atom stereocenters. The first-order chi connectivity index (χ1) is 20.9. The molecule has 4 rings (SSSR count). The zero-order valence-electron chi connectivity index (χ0n) is 23.0. The van der Waals surface area contributed by atoms with Crippen LogP contribution < -0.4 is 20.7 Å². The maximum atomic E-state index is 14.0. The average molecular weight is 625 g/mol. The monoisotopic (exact) mass is 624 g/mol. The number of piperidine rings is 1. The minimum atomic E-state index is -2.49. The van der Waals surface area contributed by atoms with Gasteiger partial charge < -0.3 is 30.4 Å². The van der Waals surface area contributed by atoms with Gasteiger partial charge in [0.1, 0.15) is 17.0 Å². The molecule has 1 aliphatic heterocycles. The fraction of sp³-hybridized carbons (Fsp3) is 0.321. The van der Waals surface area contributed by atoms with E-state index in [0.29, 0.717) is 36.0 Å². The Labute approximate surface area is 245 Å². The van der Waals surface area contributed by atoms with Gasteiger partial charge in [-0.3, -0.25) is 19.2 Å². The Morgan fingerprint density at radius 2 is 1.70 bits per heavy atom. The van der Waals surface area contributed by atoms with E-state index in [1.165, 1.54) is 13.2 Å². The summed E-state index contributed by atoms with van der Waals surface area (Å²) in [5.74, 6) is -17.5. The molecule has 3 amide bonds. The number of halogens is 5. The van der Waals surface area contributed by atoms with E-state index in [4.69, 9.17) is 4.74 Å². The van der Waals surface area contributed by atoms with E-state index < -0.39 is 89.2 Å². The van der Waals surface area contributed by atoms with Gasteiger partial charge in [0.15, 0.2) is 35.7 Å². The summed E-state index contributed by atoms with van der Waals surface area (Å²) in [6.45, 7) is -1.48. The van der Waals surface area contributed by atoms with Crippen molar-refractivity contribution in [1.82, 2.24) is 20.9 Å². The van der Waals surface area contributed by atoms with Crippen molar-refractivity contribution in [3.8, 4) is 5.75 Å². The second kappa shape index (κ2) is 13.5. The van der Waals surface area contributed by atoms with Gasteiger partial charge in [-0.2, -0.15) is 0 Å². The highest BCUT2D eigenvalue weighted by Gasteiger charge is 2.33. The largest absolute Gasteiger partial charge is 0.496 e. The van der Waals surface area contributed by atoms with Crippen LogP contribution in [0.4, 0.5) is 22.0 Å². The molecule has 2 aromatic carbocycles. The van der Waals surface area contributed by atoms with Crippen molar-refractivity contribution in [2.45, 2.75) is 25.3 Å². The molecule has 16 heteroatoms. The summed E-state index contributed by atoms with van der Waals surface area (Å²) in [4.78, 5) is 65.7. The molecule has 0 bridgehead atoms. The Morgan fingerprint density at radius 1 is 1.02 bits per heavy atom. The van der Waals surface area contributed by atoms with Crippen LogP contribution >= 0.6 is 0 Å². The highest BCUT2D eigenvalue weighted by atomic mass is 19.2. The number of aromatic amines is 1. The number of benzene rings is 2. The Balaban J connectivity index is 1.43. The second-order valence-corrected chi connectivity index (χ2v) is 9.76. The van der Waals surface area contributed by atoms with Crippen molar-refractivity contribution in [2.75, 3.05) is 26.8 Å². The third-order valence-electron chi connectivity index (χ3n) is 6.90. The highest BCUT2D eigenvalue weighted by molar-refractivity contribution is 6.01. The van der Waals surface area contributed by atoms with Gasteiger partial charge in [0.2, 0.25) is 17.6 Å². The molecule has 0 spiro atoms. The molecule has 3 aromatic rings. The van der Waals surface area contributed by atoms with Gasteiger partial charge in [-0.25, -0.2) is 26.7 Å². The molecule has 0 aliphatic carbocycles. The summed E-state index contributed by atoms with van der Waals surface area (Å²) in [6.07, 6.45) is 0.633. The van der Waals surface area contributed by atoms with Crippen LogP contribution in [0.5, 0.6) is 5.75 Å². The Morgan fingerprint density at radius 3 is 2.36 bits per heavy atom. The number of aromatic nitrogens is 1. The summed E-state index contributed by atoms with van der Waals surface area (Å²) >= 11 is 0. The third kappa shape index (κ3) is 6.79. The lowest BCUT2D eigenvalue weighted by atomic mass is 9.90. The summed E-state index contributed by atoms with van der Waals surface area (Å²) in [5, 5.41) is 7.91. The van der Waals surface area contributed by atoms with E-state index in [9.17, 15) is 45.9 Å². The van der Waals surface area contributed by atoms with Crippen molar-refractivity contribution < 1.29 is 55.4 Å². The molecule has 1 saturated heterocycles. The molecular formula is C28H25F5N4O7. The van der Waals surface area contributed by atoms with Gasteiger partial charge in [-0.1, -0.05) is 6.07 Å². The zero-order valence-corrected chi connectivity index (χ0v) is 23.0. The molecule has 0 radical (unpaired) electrons. The molecular weight excluding hydrogens is 599 g/mol. The standard InChI is InChI=1S/C28H25F5N4O7/c1-43-18-6-2-5-14-13(18)9-16(36-14)27(41)35-10-19(39)37-15(8-12-4-3-7-34-26(12)40)17(38)11-44-28(42)20-21(29)23(31)25(33)24(32)22(20)30/h2,5-6,9,12,15,36H,3-4,7-8,10-11H2,1H3,(H,34,40)(H,35,41)(H,37,39)/t12-,15-/m0/s1. The predicted molar refractivity (Wildman–Crippen MR) is 141 cm³/mol. The number of Topliss-reactive ketones (excluding diaryl/α,β-unsaturated/α-hetero) is 1. The van der Waals surface area contributed by atoms with E-state index in [-0.39, 0.29) is 12.1 Å². The predicted octanol–water partition coefficient (Wildman–Crippen LogP) is 2.43. The molecule has 4 N–H and O–H groups in total. The van der Waals surface area contributed by atoms with Crippen molar-refractivity contribution >= 4 is 40.4 Å². The van der Waals surface area contributed by atoms with E-state index in [0.717, 1.165) is 0 Å². The molecule has 11 nitrogen and oxygen atoms in total. The van der Waals surface area contributed by atoms with Gasteiger partial charge >= 0.3 is 5.97 Å². The fourth-order valence-electron chi connectivity index (χ4n) is 4.64. The van der Waals surface area contributed by atoms with Crippen molar-refractivity contribution in [3.63, 3.8) is 0 Å². The van der Waals surface area contributed by atoms with Crippen LogP contribution in [0, 0.1) is 35.0 Å². The molecule has 1 aromatic heterocycles. The Bertz CT molecular complexity index is 1620. The van der Waals surface area contributed by atoms with E-state index in [1.54, 1.807) is 18.2 Å². The normalized spacial score (nSPS) is 15.3. The van der Waals surface area contributed by atoms with Crippen molar-refractivity contribution in [3.05, 3.63) is 64.6 Å². The minimum absolute atomic E-state index is 0.101. The van der Waals surface area contributed by atoms with Crippen LogP contribution in [0.3, 0.4) is 0 Å². The third-order valence-corrected chi connectivity index (χ3v) is 6.90. The average Bonchev–Trinajstić information content (AvgIpc) is 3.46. The fourth-order valence-corrected chi connectivity index (χ4v) is 4.64. The zero-order chi connectivity index (χ0) is 32.1. The molecule has 1 aliphatic rings. The van der Waals surface area contributed by atoms with E-state index >= 15 is 0 Å². The molecule has 0 unspecified atom stereocenters. The number of fused-ring (bicyclic) bond motifs is 1. The van der Waals surface area contributed by atoms with Crippen LogP contribution in [0.25, 0.3) is 10.9 Å². The first-order valence-corrected chi connectivity index (χ1v) is 13.1. The van der Waals surface area contributed by atoms with Crippen molar-refractivity contribution in [1.29, 1.82) is 0 Å². The summed E-state index contributed by atoms with van der Waals surface area (Å²) in [7, 11) is 1.46. The minimum Gasteiger partial charge on any atom is -0.496 e. The van der Waals surface area contributed by atoms with Crippen LogP contribution in [-0.4, -0.2) is 67.3 Å². The molecule has 0 saturated carbocycles. The van der Waals surface area contributed by atoms with Crippen LogP contribution in [0.15, 0.2) is 24.3 Å². The number of amides is 3. The number of ether oxygens (including phenoxy) is 2. The Kier molecular flexibility index (Phi) is 9.80. The quantitative estimate of drug-likeness (QED) is 0.111. The topological polar surface area (TPSA) is 156 Å². The SMILES string of the molecule is COc1cccc2[nH]c(C(=O)NCC(=O)N[C@@H](C[C@@H]3CCCNC3=O)C(=O)COC(=O)c3c(F)c(F)c(F)c(F)c3F)cc12. The number of H-pyrrole nitrogens is 1. The summed E-state index contributed by atoms with van der Waals surface area (Å²) in [5.41, 5.74) is -1.21. The number of rotatable bonds is 11. The number of methoxy groups -OCH3 is 1.